The van der Waals surface area contributed by atoms with Crippen LogP contribution < -0.4 is 5.32 Å². The molecule has 72 valence electrons. The van der Waals surface area contributed by atoms with Crippen molar-refractivity contribution in [3.05, 3.63) is 5.82 Å². The zero-order valence-electron chi connectivity index (χ0n) is 7.84. The first-order valence-corrected chi connectivity index (χ1v) is 4.39. The van der Waals surface area contributed by atoms with E-state index in [1.165, 1.54) is 0 Å². The summed E-state index contributed by atoms with van der Waals surface area (Å²) in [6, 6.07) is 0. The Labute approximate surface area is 76.2 Å². The number of rotatable bonds is 3. The molecule has 1 aromatic rings. The molecule has 0 spiro atoms. The van der Waals surface area contributed by atoms with Gasteiger partial charge in [0.2, 0.25) is 5.95 Å². The van der Waals surface area contributed by atoms with E-state index in [0.717, 1.165) is 5.82 Å². The molecule has 1 saturated carbocycles. The van der Waals surface area contributed by atoms with E-state index in [9.17, 15) is 4.39 Å². The molecule has 1 aliphatic carbocycles. The second kappa shape index (κ2) is 2.68. The second-order valence-electron chi connectivity index (χ2n) is 3.63. The molecule has 0 bridgehead atoms. The molecular formula is C8H13FN4. The van der Waals surface area contributed by atoms with Gasteiger partial charge in [-0.1, -0.05) is 0 Å². The van der Waals surface area contributed by atoms with Crippen LogP contribution in [0.4, 0.5) is 10.3 Å². The van der Waals surface area contributed by atoms with Crippen LogP contribution in [-0.2, 0) is 7.05 Å². The number of hydrogen-bond acceptors (Lipinski definition) is 3. The predicted molar refractivity (Wildman–Crippen MR) is 47.3 cm³/mol. The third-order valence-corrected chi connectivity index (χ3v) is 2.45. The fraction of sp³-hybridized carbons (Fsp3) is 0.750. The number of nitrogens with zero attached hydrogens (tertiary/aromatic N) is 3. The van der Waals surface area contributed by atoms with Crippen molar-refractivity contribution in [2.24, 2.45) is 7.05 Å². The van der Waals surface area contributed by atoms with Crippen molar-refractivity contribution >= 4 is 5.95 Å². The van der Waals surface area contributed by atoms with Gasteiger partial charge in [0.15, 0.2) is 0 Å². The van der Waals surface area contributed by atoms with Gasteiger partial charge in [-0.3, -0.25) is 0 Å². The summed E-state index contributed by atoms with van der Waals surface area (Å²) in [5, 5.41) is 10.7. The van der Waals surface area contributed by atoms with E-state index in [1.54, 1.807) is 0 Å². The quantitative estimate of drug-likeness (QED) is 0.763. The summed E-state index contributed by atoms with van der Waals surface area (Å²) < 4.78 is 15.0. The minimum absolute atomic E-state index is 0.346. The highest BCUT2D eigenvalue weighted by atomic mass is 19.1. The van der Waals surface area contributed by atoms with E-state index < -0.39 is 5.67 Å². The zero-order chi connectivity index (χ0) is 9.47. The molecule has 13 heavy (non-hydrogen) atoms. The number of nitrogens with one attached hydrogen (secondary N) is 1. The molecule has 1 heterocycles. The van der Waals surface area contributed by atoms with Crippen molar-refractivity contribution in [2.75, 3.05) is 11.9 Å². The summed E-state index contributed by atoms with van der Waals surface area (Å²) in [6.45, 7) is 2.21. The van der Waals surface area contributed by atoms with Crippen LogP contribution in [0.3, 0.4) is 0 Å². The van der Waals surface area contributed by atoms with E-state index in [0.29, 0.717) is 25.3 Å². The van der Waals surface area contributed by atoms with Gasteiger partial charge in [0, 0.05) is 7.05 Å². The van der Waals surface area contributed by atoms with Gasteiger partial charge in [0.05, 0.1) is 6.54 Å². The van der Waals surface area contributed by atoms with Crippen LogP contribution in [0, 0.1) is 6.92 Å². The number of aryl methyl sites for hydroxylation is 1. The van der Waals surface area contributed by atoms with Crippen molar-refractivity contribution in [1.82, 2.24) is 14.8 Å². The molecule has 0 aliphatic heterocycles. The molecule has 0 radical (unpaired) electrons. The van der Waals surface area contributed by atoms with Crippen LogP contribution in [0.25, 0.3) is 0 Å². The highest BCUT2D eigenvalue weighted by Gasteiger charge is 2.43. The van der Waals surface area contributed by atoms with Crippen LogP contribution in [0.1, 0.15) is 18.7 Å². The molecule has 0 aromatic carbocycles. The van der Waals surface area contributed by atoms with Crippen LogP contribution in [0.15, 0.2) is 0 Å². The number of hydrogen-bond donors (Lipinski definition) is 1. The zero-order valence-corrected chi connectivity index (χ0v) is 7.84. The number of anilines is 1. The fourth-order valence-electron chi connectivity index (χ4n) is 1.11. The van der Waals surface area contributed by atoms with Gasteiger partial charge >= 0.3 is 0 Å². The second-order valence-corrected chi connectivity index (χ2v) is 3.63. The van der Waals surface area contributed by atoms with Crippen LogP contribution in [-0.4, -0.2) is 27.0 Å². The lowest BCUT2D eigenvalue weighted by Gasteiger charge is -2.07. The summed E-state index contributed by atoms with van der Waals surface area (Å²) in [4.78, 5) is 0. The van der Waals surface area contributed by atoms with Crippen LogP contribution in [0.5, 0.6) is 0 Å². The van der Waals surface area contributed by atoms with Gasteiger partial charge in [-0.25, -0.2) is 4.39 Å². The Bertz CT molecular complexity index is 316. The van der Waals surface area contributed by atoms with Crippen molar-refractivity contribution in [3.8, 4) is 0 Å². The molecule has 2 rings (SSSR count). The first-order chi connectivity index (χ1) is 6.11. The van der Waals surface area contributed by atoms with Gasteiger partial charge < -0.3 is 9.88 Å². The van der Waals surface area contributed by atoms with Crippen LogP contribution in [0.2, 0.25) is 0 Å². The van der Waals surface area contributed by atoms with E-state index in [4.69, 9.17) is 0 Å². The molecule has 0 saturated heterocycles. The van der Waals surface area contributed by atoms with Gasteiger partial charge in [0.25, 0.3) is 0 Å². The monoisotopic (exact) mass is 184 g/mol. The molecule has 0 atom stereocenters. The maximum Gasteiger partial charge on any atom is 0.224 e. The van der Waals surface area contributed by atoms with Crippen molar-refractivity contribution in [2.45, 2.75) is 25.4 Å². The highest BCUT2D eigenvalue weighted by molar-refractivity contribution is 5.26. The number of halogens is 1. The summed E-state index contributed by atoms with van der Waals surface area (Å²) >= 11 is 0. The lowest BCUT2D eigenvalue weighted by atomic mass is 10.4. The topological polar surface area (TPSA) is 42.7 Å². The molecule has 4 nitrogen and oxygen atoms in total. The third kappa shape index (κ3) is 1.64. The van der Waals surface area contributed by atoms with Gasteiger partial charge in [0.1, 0.15) is 11.5 Å². The third-order valence-electron chi connectivity index (χ3n) is 2.45. The normalized spacial score (nSPS) is 18.7. The summed E-state index contributed by atoms with van der Waals surface area (Å²) in [7, 11) is 1.86. The van der Waals surface area contributed by atoms with E-state index in [1.807, 2.05) is 18.5 Å². The Kier molecular flexibility index (Phi) is 1.75. The average Bonchev–Trinajstić information content (AvgIpc) is 2.75. The fourth-order valence-corrected chi connectivity index (χ4v) is 1.11. The van der Waals surface area contributed by atoms with Gasteiger partial charge in [-0.05, 0) is 19.8 Å². The minimum Gasteiger partial charge on any atom is -0.351 e. The Morgan fingerprint density at radius 3 is 2.69 bits per heavy atom. The Morgan fingerprint density at radius 1 is 1.54 bits per heavy atom. The van der Waals surface area contributed by atoms with Crippen LogP contribution >= 0.6 is 0 Å². The smallest absolute Gasteiger partial charge is 0.224 e. The number of aromatic nitrogens is 3. The van der Waals surface area contributed by atoms with E-state index >= 15 is 0 Å². The Balaban J connectivity index is 1.97. The van der Waals surface area contributed by atoms with E-state index in [-0.39, 0.29) is 0 Å². The molecule has 5 heteroatoms. The molecular weight excluding hydrogens is 171 g/mol. The molecule has 0 unspecified atom stereocenters. The first kappa shape index (κ1) is 8.47. The van der Waals surface area contributed by atoms with Crippen molar-refractivity contribution in [1.29, 1.82) is 0 Å². The highest BCUT2D eigenvalue weighted by Crippen LogP contribution is 2.39. The van der Waals surface area contributed by atoms with Crippen molar-refractivity contribution in [3.63, 3.8) is 0 Å². The van der Waals surface area contributed by atoms with Gasteiger partial charge in [-0.15, -0.1) is 10.2 Å². The molecule has 1 aromatic heterocycles. The average molecular weight is 184 g/mol. The predicted octanol–water partition coefficient (Wildman–Crippen LogP) is 1.04. The van der Waals surface area contributed by atoms with Gasteiger partial charge in [-0.2, -0.15) is 0 Å². The molecule has 1 N–H and O–H groups in total. The standard InChI is InChI=1S/C8H13FN4/c1-6-11-12-7(13(6)2)10-5-8(9)3-4-8/h3-5H2,1-2H3,(H,10,12). The Morgan fingerprint density at radius 2 is 2.23 bits per heavy atom. The largest absolute Gasteiger partial charge is 0.351 e. The summed E-state index contributed by atoms with van der Waals surface area (Å²) in [5.74, 6) is 1.47. The molecule has 0 amide bonds. The lowest BCUT2D eigenvalue weighted by molar-refractivity contribution is 0.326. The SMILES string of the molecule is Cc1nnc(NCC2(F)CC2)n1C. The molecule has 1 fully saturated rings. The maximum atomic E-state index is 13.2. The number of alkyl halides is 1. The van der Waals surface area contributed by atoms with Crippen molar-refractivity contribution < 1.29 is 4.39 Å². The molecule has 1 aliphatic rings. The summed E-state index contributed by atoms with van der Waals surface area (Å²) in [5.41, 5.74) is -0.986. The summed E-state index contributed by atoms with van der Waals surface area (Å²) in [6.07, 6.45) is 1.33. The lowest BCUT2D eigenvalue weighted by Crippen LogP contribution is -2.18. The maximum absolute atomic E-state index is 13.2. The first-order valence-electron chi connectivity index (χ1n) is 4.39. The minimum atomic E-state index is -0.986. The van der Waals surface area contributed by atoms with E-state index in [2.05, 4.69) is 15.5 Å². The Hall–Kier alpha value is -1.13.